The summed E-state index contributed by atoms with van der Waals surface area (Å²) in [6.07, 6.45) is 1.42. The molecule has 1 heterocycles. The van der Waals surface area contributed by atoms with Gasteiger partial charge >= 0.3 is 0 Å². The Morgan fingerprint density at radius 3 is 2.69 bits per heavy atom. The molecular formula is C9H14ClN3O2S. The van der Waals surface area contributed by atoms with Gasteiger partial charge in [-0.2, -0.15) is 0 Å². The first kappa shape index (κ1) is 13.2. The first-order chi connectivity index (χ1) is 7.43. The number of halogens is 1. The van der Waals surface area contributed by atoms with Gasteiger partial charge in [0.15, 0.2) is 0 Å². The predicted molar refractivity (Wildman–Crippen MR) is 64.1 cm³/mol. The summed E-state index contributed by atoms with van der Waals surface area (Å²) in [5.41, 5.74) is 0.619. The van der Waals surface area contributed by atoms with Gasteiger partial charge in [0.05, 0.1) is 5.75 Å². The van der Waals surface area contributed by atoms with Crippen LogP contribution < -0.4 is 4.72 Å². The normalized spacial score (nSPS) is 11.4. The van der Waals surface area contributed by atoms with E-state index in [1.165, 1.54) is 0 Å². The highest BCUT2D eigenvalue weighted by molar-refractivity contribution is 7.92. The van der Waals surface area contributed by atoms with Crippen molar-refractivity contribution in [2.75, 3.05) is 10.5 Å². The van der Waals surface area contributed by atoms with Gasteiger partial charge in [-0.05, 0) is 19.4 Å². The van der Waals surface area contributed by atoms with E-state index in [2.05, 4.69) is 14.7 Å². The van der Waals surface area contributed by atoms with Crippen LogP contribution in [-0.4, -0.2) is 24.1 Å². The van der Waals surface area contributed by atoms with Crippen LogP contribution >= 0.6 is 11.6 Å². The largest absolute Gasteiger partial charge is 0.251 e. The quantitative estimate of drug-likeness (QED) is 0.825. The molecule has 0 aliphatic heterocycles. The molecule has 1 N–H and O–H groups in total. The van der Waals surface area contributed by atoms with Crippen LogP contribution in [0.5, 0.6) is 0 Å². The van der Waals surface area contributed by atoms with Crippen molar-refractivity contribution in [3.8, 4) is 0 Å². The monoisotopic (exact) mass is 263 g/mol. The SMILES string of the molecule is CCCCS(=O)(=O)Nc1nc(C)cc(Cl)n1. The van der Waals surface area contributed by atoms with Crippen molar-refractivity contribution in [3.63, 3.8) is 0 Å². The second-order valence-electron chi connectivity index (χ2n) is 3.43. The second kappa shape index (κ2) is 5.45. The summed E-state index contributed by atoms with van der Waals surface area (Å²) in [5.74, 6) is 0.0967. The van der Waals surface area contributed by atoms with E-state index < -0.39 is 10.0 Å². The number of unbranched alkanes of at least 4 members (excludes halogenated alkanes) is 1. The lowest BCUT2D eigenvalue weighted by Gasteiger charge is -2.06. The molecule has 0 aliphatic carbocycles. The number of aromatic nitrogens is 2. The van der Waals surface area contributed by atoms with Gasteiger partial charge in [-0.25, -0.2) is 18.4 Å². The maximum absolute atomic E-state index is 11.5. The lowest BCUT2D eigenvalue weighted by Crippen LogP contribution is -2.18. The predicted octanol–water partition coefficient (Wildman–Crippen LogP) is 1.98. The Morgan fingerprint density at radius 1 is 1.44 bits per heavy atom. The number of anilines is 1. The minimum atomic E-state index is -3.36. The van der Waals surface area contributed by atoms with Crippen molar-refractivity contribution in [2.45, 2.75) is 26.7 Å². The van der Waals surface area contributed by atoms with Crippen molar-refractivity contribution in [1.29, 1.82) is 0 Å². The molecule has 0 spiro atoms. The van der Waals surface area contributed by atoms with E-state index in [4.69, 9.17) is 11.6 Å². The molecule has 1 aromatic heterocycles. The number of sulfonamides is 1. The van der Waals surface area contributed by atoms with Crippen LogP contribution in [-0.2, 0) is 10.0 Å². The van der Waals surface area contributed by atoms with Crippen molar-refractivity contribution < 1.29 is 8.42 Å². The Balaban J connectivity index is 2.80. The number of aryl methyl sites for hydroxylation is 1. The van der Waals surface area contributed by atoms with Crippen molar-refractivity contribution in [1.82, 2.24) is 9.97 Å². The number of nitrogens with one attached hydrogen (secondary N) is 1. The molecule has 0 fully saturated rings. The summed E-state index contributed by atoms with van der Waals surface area (Å²) >= 11 is 5.70. The molecule has 1 aromatic rings. The zero-order valence-corrected chi connectivity index (χ0v) is 10.8. The molecule has 90 valence electrons. The highest BCUT2D eigenvalue weighted by atomic mass is 35.5. The lowest BCUT2D eigenvalue weighted by molar-refractivity contribution is 0.597. The molecule has 0 aromatic carbocycles. The molecule has 0 aliphatic rings. The molecule has 0 unspecified atom stereocenters. The van der Waals surface area contributed by atoms with Gasteiger partial charge in [0.25, 0.3) is 0 Å². The average molecular weight is 264 g/mol. The van der Waals surface area contributed by atoms with Gasteiger partial charge < -0.3 is 0 Å². The van der Waals surface area contributed by atoms with Crippen LogP contribution in [0.25, 0.3) is 0 Å². The molecule has 1 rings (SSSR count). The van der Waals surface area contributed by atoms with Crippen LogP contribution in [0.1, 0.15) is 25.5 Å². The number of rotatable bonds is 5. The van der Waals surface area contributed by atoms with Gasteiger partial charge in [0.2, 0.25) is 16.0 Å². The molecule has 0 saturated heterocycles. The first-order valence-corrected chi connectivity index (χ1v) is 6.97. The number of nitrogens with zero attached hydrogens (tertiary/aromatic N) is 2. The van der Waals surface area contributed by atoms with Crippen molar-refractivity contribution in [3.05, 3.63) is 16.9 Å². The topological polar surface area (TPSA) is 72.0 Å². The highest BCUT2D eigenvalue weighted by Crippen LogP contribution is 2.11. The van der Waals surface area contributed by atoms with Gasteiger partial charge in [0.1, 0.15) is 5.15 Å². The molecule has 0 saturated carbocycles. The van der Waals surface area contributed by atoms with E-state index in [9.17, 15) is 8.42 Å². The van der Waals surface area contributed by atoms with Gasteiger partial charge in [-0.1, -0.05) is 24.9 Å². The molecule has 0 atom stereocenters. The Hall–Kier alpha value is -0.880. The zero-order valence-electron chi connectivity index (χ0n) is 9.20. The van der Waals surface area contributed by atoms with E-state index in [0.717, 1.165) is 6.42 Å². The van der Waals surface area contributed by atoms with Crippen molar-refractivity contribution >= 4 is 27.6 Å². The van der Waals surface area contributed by atoms with Crippen LogP contribution in [0, 0.1) is 6.92 Å². The molecule has 0 radical (unpaired) electrons. The molecule has 16 heavy (non-hydrogen) atoms. The van der Waals surface area contributed by atoms with Gasteiger partial charge in [0, 0.05) is 5.69 Å². The Kier molecular flexibility index (Phi) is 4.49. The summed E-state index contributed by atoms with van der Waals surface area (Å²) in [4.78, 5) is 7.73. The third kappa shape index (κ3) is 4.32. The smallest absolute Gasteiger partial charge is 0.238 e. The second-order valence-corrected chi connectivity index (χ2v) is 5.66. The fourth-order valence-electron chi connectivity index (χ4n) is 1.10. The first-order valence-electron chi connectivity index (χ1n) is 4.94. The van der Waals surface area contributed by atoms with E-state index in [-0.39, 0.29) is 16.9 Å². The Labute approximate surface area is 100 Å². The third-order valence-corrected chi connectivity index (χ3v) is 3.35. The average Bonchev–Trinajstić information content (AvgIpc) is 2.12. The molecular weight excluding hydrogens is 250 g/mol. The fourth-order valence-corrected chi connectivity index (χ4v) is 2.48. The molecule has 5 nitrogen and oxygen atoms in total. The van der Waals surface area contributed by atoms with Gasteiger partial charge in [-0.3, -0.25) is 4.72 Å². The summed E-state index contributed by atoms with van der Waals surface area (Å²) < 4.78 is 25.4. The Morgan fingerprint density at radius 2 is 2.12 bits per heavy atom. The van der Waals surface area contributed by atoms with E-state index in [1.807, 2.05) is 6.92 Å². The van der Waals surface area contributed by atoms with Crippen LogP contribution in [0.2, 0.25) is 5.15 Å². The minimum absolute atomic E-state index is 0.0288. The van der Waals surface area contributed by atoms with Crippen LogP contribution in [0.4, 0.5) is 5.95 Å². The summed E-state index contributed by atoms with van der Waals surface area (Å²) in [6.45, 7) is 3.65. The van der Waals surface area contributed by atoms with Crippen LogP contribution in [0.3, 0.4) is 0 Å². The van der Waals surface area contributed by atoms with E-state index in [0.29, 0.717) is 12.1 Å². The van der Waals surface area contributed by atoms with E-state index >= 15 is 0 Å². The summed E-state index contributed by atoms with van der Waals surface area (Å²) in [5, 5.41) is 0.223. The standard InChI is InChI=1S/C9H14ClN3O2S/c1-3-4-5-16(14,15)13-9-11-7(2)6-8(10)12-9/h6H,3-5H2,1-2H3,(H,11,12,13). The minimum Gasteiger partial charge on any atom is -0.251 e. The zero-order chi connectivity index (χ0) is 12.2. The van der Waals surface area contributed by atoms with Crippen LogP contribution in [0.15, 0.2) is 6.07 Å². The molecule has 7 heteroatoms. The third-order valence-electron chi connectivity index (χ3n) is 1.84. The lowest BCUT2D eigenvalue weighted by atomic mass is 10.4. The summed E-state index contributed by atoms with van der Waals surface area (Å²) in [6, 6.07) is 1.56. The Bertz CT molecular complexity index is 442. The molecule has 0 bridgehead atoms. The van der Waals surface area contributed by atoms with Gasteiger partial charge in [-0.15, -0.1) is 0 Å². The number of hydrogen-bond donors (Lipinski definition) is 1. The highest BCUT2D eigenvalue weighted by Gasteiger charge is 2.11. The molecule has 0 amide bonds. The number of hydrogen-bond acceptors (Lipinski definition) is 4. The maximum atomic E-state index is 11.5. The fraction of sp³-hybridized carbons (Fsp3) is 0.556. The van der Waals surface area contributed by atoms with Crippen molar-refractivity contribution in [2.24, 2.45) is 0 Å². The maximum Gasteiger partial charge on any atom is 0.238 e. The van der Waals surface area contributed by atoms with E-state index in [1.54, 1.807) is 13.0 Å². The summed E-state index contributed by atoms with van der Waals surface area (Å²) in [7, 11) is -3.36.